The van der Waals surface area contributed by atoms with Crippen molar-refractivity contribution in [2.24, 2.45) is 0 Å². The SMILES string of the molecule is CCSc1nc2ncnc(SCC)c2[nH]1. The molecule has 80 valence electrons. The van der Waals surface area contributed by atoms with Crippen LogP contribution in [0.2, 0.25) is 0 Å². The summed E-state index contributed by atoms with van der Waals surface area (Å²) in [5.74, 6) is 2.00. The van der Waals surface area contributed by atoms with Crippen molar-refractivity contribution >= 4 is 34.7 Å². The minimum absolute atomic E-state index is 0.761. The van der Waals surface area contributed by atoms with Crippen LogP contribution >= 0.6 is 23.5 Å². The Labute approximate surface area is 96.7 Å². The van der Waals surface area contributed by atoms with Crippen molar-refractivity contribution < 1.29 is 0 Å². The van der Waals surface area contributed by atoms with Gasteiger partial charge in [-0.05, 0) is 11.5 Å². The first kappa shape index (κ1) is 10.8. The van der Waals surface area contributed by atoms with Gasteiger partial charge in [-0.1, -0.05) is 25.6 Å². The zero-order chi connectivity index (χ0) is 10.7. The van der Waals surface area contributed by atoms with Crippen LogP contribution in [0.25, 0.3) is 11.2 Å². The van der Waals surface area contributed by atoms with Crippen molar-refractivity contribution in [1.29, 1.82) is 0 Å². The van der Waals surface area contributed by atoms with Gasteiger partial charge in [0.15, 0.2) is 10.8 Å². The number of fused-ring (bicyclic) bond motifs is 1. The van der Waals surface area contributed by atoms with E-state index in [2.05, 4.69) is 33.8 Å². The molecular weight excluding hydrogens is 228 g/mol. The number of aromatic amines is 1. The van der Waals surface area contributed by atoms with Gasteiger partial charge in [-0.3, -0.25) is 0 Å². The van der Waals surface area contributed by atoms with Crippen LogP contribution in [0.1, 0.15) is 13.8 Å². The van der Waals surface area contributed by atoms with Crippen LogP contribution in [0.15, 0.2) is 16.5 Å². The number of thioether (sulfide) groups is 2. The Balaban J connectivity index is 2.44. The van der Waals surface area contributed by atoms with Crippen LogP contribution in [0.4, 0.5) is 0 Å². The number of imidazole rings is 1. The molecule has 0 radical (unpaired) electrons. The highest BCUT2D eigenvalue weighted by Crippen LogP contribution is 2.25. The molecule has 15 heavy (non-hydrogen) atoms. The fourth-order valence-corrected chi connectivity index (χ4v) is 2.52. The summed E-state index contributed by atoms with van der Waals surface area (Å²) >= 11 is 3.39. The third kappa shape index (κ3) is 2.26. The van der Waals surface area contributed by atoms with E-state index >= 15 is 0 Å². The molecule has 0 aliphatic heterocycles. The quantitative estimate of drug-likeness (QED) is 0.657. The normalized spacial score (nSPS) is 11.1. The molecule has 2 heterocycles. The molecule has 1 N–H and O–H groups in total. The Hall–Kier alpha value is -0.750. The number of rotatable bonds is 4. The minimum Gasteiger partial charge on any atom is -0.329 e. The highest BCUT2D eigenvalue weighted by atomic mass is 32.2. The molecule has 0 aliphatic rings. The van der Waals surface area contributed by atoms with Crippen molar-refractivity contribution in [2.45, 2.75) is 24.0 Å². The Bertz CT molecular complexity index is 454. The monoisotopic (exact) mass is 240 g/mol. The molecular formula is C9H12N4S2. The van der Waals surface area contributed by atoms with E-state index in [0.29, 0.717) is 0 Å². The van der Waals surface area contributed by atoms with E-state index in [1.807, 2.05) is 0 Å². The zero-order valence-electron chi connectivity index (χ0n) is 8.65. The van der Waals surface area contributed by atoms with Crippen molar-refractivity contribution in [2.75, 3.05) is 11.5 Å². The Morgan fingerprint density at radius 3 is 2.73 bits per heavy atom. The first-order valence-corrected chi connectivity index (χ1v) is 6.78. The predicted molar refractivity (Wildman–Crippen MR) is 64.5 cm³/mol. The second-order valence-electron chi connectivity index (χ2n) is 2.79. The third-order valence-electron chi connectivity index (χ3n) is 1.79. The largest absolute Gasteiger partial charge is 0.329 e. The molecule has 0 aromatic carbocycles. The van der Waals surface area contributed by atoms with Gasteiger partial charge >= 0.3 is 0 Å². The average Bonchev–Trinajstić information content (AvgIpc) is 2.62. The van der Waals surface area contributed by atoms with E-state index in [1.54, 1.807) is 29.9 Å². The smallest absolute Gasteiger partial charge is 0.182 e. The Morgan fingerprint density at radius 2 is 2.00 bits per heavy atom. The number of H-pyrrole nitrogens is 1. The third-order valence-corrected chi connectivity index (χ3v) is 3.42. The molecule has 0 bridgehead atoms. The molecule has 0 unspecified atom stereocenters. The predicted octanol–water partition coefficient (Wildman–Crippen LogP) is 2.58. The maximum absolute atomic E-state index is 4.39. The van der Waals surface area contributed by atoms with Gasteiger partial charge in [0.25, 0.3) is 0 Å². The summed E-state index contributed by atoms with van der Waals surface area (Å²) in [5, 5.41) is 1.91. The van der Waals surface area contributed by atoms with E-state index in [4.69, 9.17) is 0 Å². The molecule has 0 fully saturated rings. The molecule has 0 spiro atoms. The summed E-state index contributed by atoms with van der Waals surface area (Å²) in [4.78, 5) is 16.0. The van der Waals surface area contributed by atoms with E-state index in [0.717, 1.165) is 32.9 Å². The maximum Gasteiger partial charge on any atom is 0.182 e. The Morgan fingerprint density at radius 1 is 1.20 bits per heavy atom. The lowest BCUT2D eigenvalue weighted by atomic mass is 10.6. The van der Waals surface area contributed by atoms with Crippen LogP contribution in [-0.2, 0) is 0 Å². The molecule has 2 aromatic heterocycles. The average molecular weight is 240 g/mol. The summed E-state index contributed by atoms with van der Waals surface area (Å²) in [7, 11) is 0. The highest BCUT2D eigenvalue weighted by molar-refractivity contribution is 7.99. The molecule has 2 rings (SSSR count). The number of aromatic nitrogens is 4. The molecule has 0 aliphatic carbocycles. The summed E-state index contributed by atoms with van der Waals surface area (Å²) < 4.78 is 0. The number of nitrogens with zero attached hydrogens (tertiary/aromatic N) is 3. The van der Waals surface area contributed by atoms with Crippen LogP contribution in [-0.4, -0.2) is 31.4 Å². The fraction of sp³-hybridized carbons (Fsp3) is 0.444. The topological polar surface area (TPSA) is 54.5 Å². The van der Waals surface area contributed by atoms with Crippen molar-refractivity contribution in [3.8, 4) is 0 Å². The fourth-order valence-electron chi connectivity index (χ4n) is 1.24. The lowest BCUT2D eigenvalue weighted by Gasteiger charge is -1.96. The Kier molecular flexibility index (Phi) is 3.48. The highest BCUT2D eigenvalue weighted by Gasteiger charge is 2.08. The van der Waals surface area contributed by atoms with Gasteiger partial charge in [0.1, 0.15) is 16.9 Å². The van der Waals surface area contributed by atoms with Crippen LogP contribution < -0.4 is 0 Å². The standard InChI is InChI=1S/C9H12N4S2/c1-3-14-8-6-7(10-5-11-8)13-9(12-6)15-4-2/h5H,3-4H2,1-2H3,(H,10,11,12,13). The molecule has 6 heteroatoms. The van der Waals surface area contributed by atoms with Crippen LogP contribution in [0, 0.1) is 0 Å². The summed E-state index contributed by atoms with van der Waals surface area (Å²) in [6.45, 7) is 4.21. The zero-order valence-corrected chi connectivity index (χ0v) is 10.3. The molecule has 0 saturated carbocycles. The first-order chi connectivity index (χ1) is 7.35. The van der Waals surface area contributed by atoms with E-state index in [-0.39, 0.29) is 0 Å². The molecule has 4 nitrogen and oxygen atoms in total. The van der Waals surface area contributed by atoms with E-state index < -0.39 is 0 Å². The summed E-state index contributed by atoms with van der Waals surface area (Å²) in [6, 6.07) is 0. The molecule has 0 atom stereocenters. The summed E-state index contributed by atoms with van der Waals surface area (Å²) in [6.07, 6.45) is 1.57. The lowest BCUT2D eigenvalue weighted by molar-refractivity contribution is 1.07. The van der Waals surface area contributed by atoms with Gasteiger partial charge in [0.05, 0.1) is 0 Å². The molecule has 0 amide bonds. The lowest BCUT2D eigenvalue weighted by Crippen LogP contribution is -1.85. The van der Waals surface area contributed by atoms with Gasteiger partial charge in [-0.15, -0.1) is 11.8 Å². The van der Waals surface area contributed by atoms with Crippen molar-refractivity contribution in [3.63, 3.8) is 0 Å². The van der Waals surface area contributed by atoms with Crippen molar-refractivity contribution in [1.82, 2.24) is 19.9 Å². The number of hydrogen-bond donors (Lipinski definition) is 1. The number of nitrogens with one attached hydrogen (secondary N) is 1. The van der Waals surface area contributed by atoms with Crippen LogP contribution in [0.3, 0.4) is 0 Å². The van der Waals surface area contributed by atoms with E-state index in [9.17, 15) is 0 Å². The van der Waals surface area contributed by atoms with Gasteiger partial charge in [-0.2, -0.15) is 0 Å². The van der Waals surface area contributed by atoms with E-state index in [1.165, 1.54) is 0 Å². The minimum atomic E-state index is 0.761. The van der Waals surface area contributed by atoms with Gasteiger partial charge in [0, 0.05) is 0 Å². The van der Waals surface area contributed by atoms with Gasteiger partial charge in [-0.25, -0.2) is 15.0 Å². The first-order valence-electron chi connectivity index (χ1n) is 4.81. The van der Waals surface area contributed by atoms with Gasteiger partial charge < -0.3 is 4.98 Å². The second kappa shape index (κ2) is 4.85. The van der Waals surface area contributed by atoms with Crippen molar-refractivity contribution in [3.05, 3.63) is 6.33 Å². The van der Waals surface area contributed by atoms with Gasteiger partial charge in [0.2, 0.25) is 0 Å². The second-order valence-corrected chi connectivity index (χ2v) is 5.29. The number of hydrogen-bond acceptors (Lipinski definition) is 5. The van der Waals surface area contributed by atoms with Crippen LogP contribution in [0.5, 0.6) is 0 Å². The molecule has 0 saturated heterocycles. The molecule has 2 aromatic rings. The maximum atomic E-state index is 4.39. The summed E-state index contributed by atoms with van der Waals surface area (Å²) in [5.41, 5.74) is 1.72.